The van der Waals surface area contributed by atoms with Crippen molar-refractivity contribution in [2.24, 2.45) is 5.73 Å². The Hall–Kier alpha value is -3.36. The number of nitrogens with two attached hydrogens (primary N) is 1. The summed E-state index contributed by atoms with van der Waals surface area (Å²) >= 11 is 0. The smallest absolute Gasteiger partial charge is 0.128 e. The minimum atomic E-state index is 0. The molecule has 0 unspecified atom stereocenters. The highest BCUT2D eigenvalue weighted by Crippen LogP contribution is 2.21. The summed E-state index contributed by atoms with van der Waals surface area (Å²) < 4.78 is 0. The van der Waals surface area contributed by atoms with Gasteiger partial charge in [0.15, 0.2) is 0 Å². The van der Waals surface area contributed by atoms with Crippen LogP contribution in [0.4, 0.5) is 11.6 Å². The summed E-state index contributed by atoms with van der Waals surface area (Å²) in [7, 11) is 4.02. The molecule has 8 heteroatoms. The molecule has 3 heterocycles. The summed E-state index contributed by atoms with van der Waals surface area (Å²) in [4.78, 5) is 13.9. The second-order valence-electron chi connectivity index (χ2n) is 8.36. The summed E-state index contributed by atoms with van der Waals surface area (Å²) in [5, 5.41) is 8.66. The van der Waals surface area contributed by atoms with E-state index in [-0.39, 0.29) is 7.58 Å². The number of likely N-dealkylation sites (N-methyl/N-ethyl adjacent to an activating group) is 1. The van der Waals surface area contributed by atoms with E-state index in [1.165, 1.54) is 5.56 Å². The van der Waals surface area contributed by atoms with Gasteiger partial charge in [-0.3, -0.25) is 0 Å². The number of nitrogens with zero attached hydrogens (tertiary/aromatic N) is 4. The van der Waals surface area contributed by atoms with Crippen LogP contribution in [0.15, 0.2) is 55.0 Å². The summed E-state index contributed by atoms with van der Waals surface area (Å²) in [6.07, 6.45) is 7.69. The lowest BCUT2D eigenvalue weighted by atomic mass is 10.1. The van der Waals surface area contributed by atoms with Gasteiger partial charge in [0.1, 0.15) is 11.6 Å². The first-order chi connectivity index (χ1) is 15.6. The number of anilines is 2. The number of pyridine rings is 2. The highest BCUT2D eigenvalue weighted by Gasteiger charge is 2.15. The van der Waals surface area contributed by atoms with Gasteiger partial charge in [-0.2, -0.15) is 0 Å². The molecule has 0 bridgehead atoms. The number of nitrogens with one attached hydrogen (secondary N) is 2. The van der Waals surface area contributed by atoms with Crippen LogP contribution in [0.3, 0.4) is 0 Å². The second kappa shape index (κ2) is 11.5. The SMILES string of the molecule is CN/C=C(\N)c1ccc2cnc(NCCCc3ccnc(N4CCN(C)CC4)c3)cc2c1.N.[HH]. The fourth-order valence-electron chi connectivity index (χ4n) is 3.99. The van der Waals surface area contributed by atoms with Crippen LogP contribution < -0.4 is 27.4 Å². The Kier molecular flexibility index (Phi) is 8.46. The summed E-state index contributed by atoms with van der Waals surface area (Å²) in [5.74, 6) is 1.99. The van der Waals surface area contributed by atoms with Crippen LogP contribution in [0.1, 0.15) is 19.0 Å². The van der Waals surface area contributed by atoms with Gasteiger partial charge in [-0.05, 0) is 60.7 Å². The molecule has 4 rings (SSSR count). The van der Waals surface area contributed by atoms with Crippen LogP contribution in [0.5, 0.6) is 0 Å². The molecule has 1 saturated heterocycles. The Morgan fingerprint density at radius 3 is 2.70 bits per heavy atom. The molecule has 1 aliphatic rings. The van der Waals surface area contributed by atoms with Gasteiger partial charge in [0.2, 0.25) is 0 Å². The predicted molar refractivity (Wildman–Crippen MR) is 141 cm³/mol. The molecule has 2 aromatic heterocycles. The molecule has 0 spiro atoms. The lowest BCUT2D eigenvalue weighted by Gasteiger charge is -2.33. The molecule has 0 amide bonds. The third-order valence-electron chi connectivity index (χ3n) is 5.94. The summed E-state index contributed by atoms with van der Waals surface area (Å²) in [5.41, 5.74) is 9.16. The minimum Gasteiger partial charge on any atom is -0.397 e. The molecule has 0 radical (unpaired) electrons. The number of piperazine rings is 1. The predicted octanol–water partition coefficient (Wildman–Crippen LogP) is 3.31. The first-order valence-electron chi connectivity index (χ1n) is 11.3. The molecule has 7 N–H and O–H groups in total. The fraction of sp³-hybridized carbons (Fsp3) is 0.360. The summed E-state index contributed by atoms with van der Waals surface area (Å²) in [6, 6.07) is 12.6. The van der Waals surface area contributed by atoms with Crippen LogP contribution in [0.2, 0.25) is 0 Å². The minimum absolute atomic E-state index is 0. The van der Waals surface area contributed by atoms with Crippen LogP contribution in [-0.4, -0.2) is 61.7 Å². The maximum Gasteiger partial charge on any atom is 0.128 e. The van der Waals surface area contributed by atoms with Gasteiger partial charge in [-0.1, -0.05) is 12.1 Å². The van der Waals surface area contributed by atoms with E-state index >= 15 is 0 Å². The molecular formula is C25H38N8. The monoisotopic (exact) mass is 450 g/mol. The lowest BCUT2D eigenvalue weighted by Crippen LogP contribution is -2.44. The van der Waals surface area contributed by atoms with Crippen molar-refractivity contribution in [3.63, 3.8) is 0 Å². The number of aromatic nitrogens is 2. The first kappa shape index (κ1) is 24.3. The molecule has 1 fully saturated rings. The van der Waals surface area contributed by atoms with Crippen molar-refractivity contribution >= 4 is 28.1 Å². The number of rotatable bonds is 8. The van der Waals surface area contributed by atoms with Crippen molar-refractivity contribution in [2.45, 2.75) is 12.8 Å². The standard InChI is InChI=1S/C25H33N7.H3N.H2/c1-27-18-23(26)20-5-6-21-17-30-24(16-22(21)15-20)28-8-3-4-19-7-9-29-25(14-19)32-12-10-31(2)11-13-32;;/h5-7,9,14-18,27H,3-4,8,10-13,26H2,1-2H3,(H,28,30);1H3;1H/b23-18-;;. The highest BCUT2D eigenvalue weighted by molar-refractivity contribution is 5.87. The van der Waals surface area contributed by atoms with E-state index in [4.69, 9.17) is 5.73 Å². The van der Waals surface area contributed by atoms with Crippen molar-refractivity contribution < 1.29 is 1.43 Å². The molecule has 3 aromatic rings. The summed E-state index contributed by atoms with van der Waals surface area (Å²) in [6.45, 7) is 5.13. The van der Waals surface area contributed by atoms with Crippen molar-refractivity contribution in [1.82, 2.24) is 26.3 Å². The number of aryl methyl sites for hydroxylation is 1. The zero-order valence-electron chi connectivity index (χ0n) is 19.7. The molecule has 0 aliphatic carbocycles. The van der Waals surface area contributed by atoms with Crippen LogP contribution >= 0.6 is 0 Å². The number of hydrogen-bond acceptors (Lipinski definition) is 8. The van der Waals surface area contributed by atoms with E-state index in [0.717, 1.165) is 73.5 Å². The third kappa shape index (κ3) is 6.34. The van der Waals surface area contributed by atoms with Gasteiger partial charge in [-0.25, -0.2) is 9.97 Å². The molecule has 8 nitrogen and oxygen atoms in total. The Bertz CT molecular complexity index is 1080. The topological polar surface area (TPSA) is 117 Å². The molecular weight excluding hydrogens is 412 g/mol. The van der Waals surface area contributed by atoms with Crippen LogP contribution in [0, 0.1) is 0 Å². The fourth-order valence-corrected chi connectivity index (χ4v) is 3.99. The van der Waals surface area contributed by atoms with Crippen LogP contribution in [-0.2, 0) is 6.42 Å². The van der Waals surface area contributed by atoms with E-state index in [0.29, 0.717) is 5.70 Å². The van der Waals surface area contributed by atoms with Crippen molar-refractivity contribution in [3.8, 4) is 0 Å². The molecule has 178 valence electrons. The largest absolute Gasteiger partial charge is 0.397 e. The Morgan fingerprint density at radius 1 is 1.09 bits per heavy atom. The van der Waals surface area contributed by atoms with Crippen molar-refractivity contribution in [3.05, 3.63) is 66.1 Å². The van der Waals surface area contributed by atoms with Gasteiger partial charge in [0.25, 0.3) is 0 Å². The zero-order chi connectivity index (χ0) is 22.3. The average Bonchev–Trinajstić information content (AvgIpc) is 2.82. The van der Waals surface area contributed by atoms with Gasteiger partial charge >= 0.3 is 0 Å². The average molecular weight is 451 g/mol. The lowest BCUT2D eigenvalue weighted by molar-refractivity contribution is 0.312. The highest BCUT2D eigenvalue weighted by atomic mass is 15.3. The molecule has 0 atom stereocenters. The molecule has 33 heavy (non-hydrogen) atoms. The second-order valence-corrected chi connectivity index (χ2v) is 8.36. The maximum absolute atomic E-state index is 6.11. The normalized spacial score (nSPS) is 14.7. The number of fused-ring (bicyclic) bond motifs is 1. The Morgan fingerprint density at radius 2 is 1.91 bits per heavy atom. The van der Waals surface area contributed by atoms with Gasteiger partial charge in [-0.15, -0.1) is 0 Å². The van der Waals surface area contributed by atoms with E-state index in [1.807, 2.05) is 25.5 Å². The van der Waals surface area contributed by atoms with Gasteiger partial charge in [0, 0.05) is 65.2 Å². The number of benzene rings is 1. The number of hydrogen-bond donors (Lipinski definition) is 4. The quantitative estimate of drug-likeness (QED) is 0.386. The van der Waals surface area contributed by atoms with Crippen molar-refractivity contribution in [1.29, 1.82) is 0 Å². The van der Waals surface area contributed by atoms with E-state index in [9.17, 15) is 0 Å². The first-order valence-corrected chi connectivity index (χ1v) is 11.3. The van der Waals surface area contributed by atoms with Crippen molar-refractivity contribution in [2.75, 3.05) is 57.0 Å². The van der Waals surface area contributed by atoms with Crippen LogP contribution in [0.25, 0.3) is 16.5 Å². The molecule has 0 saturated carbocycles. The molecule has 1 aromatic carbocycles. The Balaban J connectivity index is 0.00000204. The van der Waals surface area contributed by atoms with Gasteiger partial charge in [0.05, 0.1) is 5.70 Å². The van der Waals surface area contributed by atoms with E-state index in [2.05, 4.69) is 67.8 Å². The molecule has 1 aliphatic heterocycles. The maximum atomic E-state index is 6.11. The van der Waals surface area contributed by atoms with Gasteiger partial charge < -0.3 is 32.3 Å². The zero-order valence-corrected chi connectivity index (χ0v) is 19.7. The third-order valence-corrected chi connectivity index (χ3v) is 5.94. The Labute approximate surface area is 198 Å². The van der Waals surface area contributed by atoms with E-state index < -0.39 is 0 Å². The van der Waals surface area contributed by atoms with E-state index in [1.54, 1.807) is 6.20 Å².